The first-order chi connectivity index (χ1) is 12.7. The van der Waals surface area contributed by atoms with Crippen LogP contribution in [0, 0.1) is 0 Å². The number of anilines is 1. The van der Waals surface area contributed by atoms with E-state index >= 15 is 0 Å². The number of thioether (sulfide) groups is 1. The van der Waals surface area contributed by atoms with E-state index < -0.39 is 6.10 Å². The van der Waals surface area contributed by atoms with E-state index in [0.717, 1.165) is 16.1 Å². The lowest BCUT2D eigenvalue weighted by Gasteiger charge is -2.13. The smallest absolute Gasteiger partial charge is 0.268 e. The van der Waals surface area contributed by atoms with Crippen LogP contribution in [0.2, 0.25) is 0 Å². The zero-order valence-corrected chi connectivity index (χ0v) is 15.6. The van der Waals surface area contributed by atoms with Crippen LogP contribution in [0.3, 0.4) is 0 Å². The molecule has 0 aromatic heterocycles. The summed E-state index contributed by atoms with van der Waals surface area (Å²) in [6, 6.07) is 13.2. The monoisotopic (exact) mass is 372 g/mol. The maximum Gasteiger partial charge on any atom is 0.268 e. The molecule has 0 saturated heterocycles. The molecule has 0 spiro atoms. The molecule has 136 valence electrons. The molecule has 3 rings (SSSR count). The van der Waals surface area contributed by atoms with Gasteiger partial charge >= 0.3 is 0 Å². The number of benzene rings is 2. The van der Waals surface area contributed by atoms with Gasteiger partial charge in [-0.3, -0.25) is 4.79 Å². The number of amides is 1. The third-order valence-corrected chi connectivity index (χ3v) is 4.84. The van der Waals surface area contributed by atoms with E-state index in [4.69, 9.17) is 14.3 Å². The van der Waals surface area contributed by atoms with Crippen molar-refractivity contribution in [2.24, 2.45) is 5.16 Å². The molecule has 26 heavy (non-hydrogen) atoms. The largest absolute Gasteiger partial charge is 0.493 e. The number of methoxy groups -OCH3 is 2. The van der Waals surface area contributed by atoms with E-state index in [2.05, 4.69) is 10.5 Å². The number of para-hydroxylation sites is 2. The zero-order chi connectivity index (χ0) is 18.5. The molecule has 2 aromatic carbocycles. The van der Waals surface area contributed by atoms with E-state index in [1.54, 1.807) is 26.0 Å². The molecule has 6 nitrogen and oxygen atoms in total. The lowest BCUT2D eigenvalue weighted by Crippen LogP contribution is -2.28. The molecule has 0 unspecified atom stereocenters. The van der Waals surface area contributed by atoms with Crippen molar-refractivity contribution in [1.82, 2.24) is 0 Å². The van der Waals surface area contributed by atoms with Crippen molar-refractivity contribution in [1.29, 1.82) is 0 Å². The Bertz CT molecular complexity index is 838. The number of carbonyl (C=O) groups is 1. The molecule has 0 aliphatic carbocycles. The van der Waals surface area contributed by atoms with Crippen LogP contribution in [-0.4, -0.2) is 38.2 Å². The summed E-state index contributed by atoms with van der Waals surface area (Å²) in [5.74, 6) is 0.952. The Hall–Kier alpha value is -2.67. The van der Waals surface area contributed by atoms with Crippen molar-refractivity contribution in [2.75, 3.05) is 25.8 Å². The molecule has 1 aliphatic heterocycles. The lowest BCUT2D eigenvalue weighted by molar-refractivity contribution is -0.125. The first-order valence-corrected chi connectivity index (χ1v) is 9.28. The van der Waals surface area contributed by atoms with Gasteiger partial charge in [0, 0.05) is 16.9 Å². The fraction of sp³-hybridized carbons (Fsp3) is 0.263. The predicted octanol–water partition coefficient (Wildman–Crippen LogP) is 3.56. The van der Waals surface area contributed by atoms with Gasteiger partial charge < -0.3 is 19.6 Å². The van der Waals surface area contributed by atoms with E-state index in [-0.39, 0.29) is 5.91 Å². The molecule has 0 saturated carbocycles. The van der Waals surface area contributed by atoms with Gasteiger partial charge in [-0.05, 0) is 30.5 Å². The Morgan fingerprint density at radius 2 is 2.00 bits per heavy atom. The van der Waals surface area contributed by atoms with Crippen LogP contribution >= 0.6 is 11.8 Å². The van der Waals surface area contributed by atoms with Gasteiger partial charge in [0.15, 0.2) is 11.5 Å². The van der Waals surface area contributed by atoms with Crippen molar-refractivity contribution in [3.63, 3.8) is 0 Å². The maximum absolute atomic E-state index is 12.6. The van der Waals surface area contributed by atoms with Crippen LogP contribution in [0.25, 0.3) is 0 Å². The average molecular weight is 372 g/mol. The molecule has 7 heteroatoms. The second kappa shape index (κ2) is 8.14. The van der Waals surface area contributed by atoms with Crippen LogP contribution in [0.15, 0.2) is 52.5 Å². The van der Waals surface area contributed by atoms with Crippen LogP contribution < -0.4 is 14.8 Å². The first-order valence-electron chi connectivity index (χ1n) is 8.05. The topological polar surface area (TPSA) is 69.2 Å². The quantitative estimate of drug-likeness (QED) is 0.785. The highest BCUT2D eigenvalue weighted by atomic mass is 32.2. The summed E-state index contributed by atoms with van der Waals surface area (Å²) < 4.78 is 10.7. The lowest BCUT2D eigenvalue weighted by atomic mass is 10.0. The number of ether oxygens (including phenoxy) is 2. The summed E-state index contributed by atoms with van der Waals surface area (Å²) in [6.45, 7) is 0. The molecule has 1 amide bonds. The van der Waals surface area contributed by atoms with Crippen LogP contribution in [0.1, 0.15) is 12.0 Å². The molecule has 1 atom stereocenters. The Balaban J connectivity index is 1.73. The zero-order valence-electron chi connectivity index (χ0n) is 14.8. The first kappa shape index (κ1) is 18.1. The highest BCUT2D eigenvalue weighted by Gasteiger charge is 2.31. The predicted molar refractivity (Wildman–Crippen MR) is 102 cm³/mol. The van der Waals surface area contributed by atoms with Gasteiger partial charge in [0.2, 0.25) is 6.10 Å². The summed E-state index contributed by atoms with van der Waals surface area (Å²) in [7, 11) is 3.15. The van der Waals surface area contributed by atoms with Crippen LogP contribution in [-0.2, 0) is 9.63 Å². The second-order valence-electron chi connectivity index (χ2n) is 5.57. The number of nitrogens with zero attached hydrogens (tertiary/aromatic N) is 1. The highest BCUT2D eigenvalue weighted by Crippen LogP contribution is 2.33. The number of carbonyl (C=O) groups excluding carboxylic acids is 1. The van der Waals surface area contributed by atoms with Gasteiger partial charge in [-0.25, -0.2) is 0 Å². The number of rotatable bonds is 6. The molecular weight excluding hydrogens is 352 g/mol. The molecule has 2 aromatic rings. The van der Waals surface area contributed by atoms with E-state index in [1.807, 2.05) is 48.7 Å². The Labute approximate surface area is 156 Å². The minimum Gasteiger partial charge on any atom is -0.493 e. The third-order valence-electron chi connectivity index (χ3n) is 4.04. The molecule has 1 aliphatic rings. The third kappa shape index (κ3) is 3.62. The molecule has 0 radical (unpaired) electrons. The summed E-state index contributed by atoms with van der Waals surface area (Å²) in [5.41, 5.74) is 2.17. The van der Waals surface area contributed by atoms with Gasteiger partial charge in [-0.15, -0.1) is 11.8 Å². The fourth-order valence-corrected chi connectivity index (χ4v) is 3.31. The maximum atomic E-state index is 12.6. The van der Waals surface area contributed by atoms with Gasteiger partial charge in [-0.2, -0.15) is 0 Å². The molecule has 1 N–H and O–H groups in total. The normalized spacial score (nSPS) is 15.8. The number of oxime groups is 1. The van der Waals surface area contributed by atoms with Crippen LogP contribution in [0.5, 0.6) is 11.5 Å². The Morgan fingerprint density at radius 1 is 1.19 bits per heavy atom. The summed E-state index contributed by atoms with van der Waals surface area (Å²) >= 11 is 1.57. The Kier molecular flexibility index (Phi) is 5.68. The summed E-state index contributed by atoms with van der Waals surface area (Å²) in [4.78, 5) is 18.9. The van der Waals surface area contributed by atoms with E-state index in [1.165, 1.54) is 0 Å². The molecule has 0 fully saturated rings. The SMILES string of the molecule is COc1cccc(C2=NO[C@H](C(=O)Nc3ccccc3SC)C2)c1OC. The van der Waals surface area contributed by atoms with Crippen molar-refractivity contribution in [2.45, 2.75) is 17.4 Å². The van der Waals surface area contributed by atoms with Gasteiger partial charge in [0.25, 0.3) is 5.91 Å². The van der Waals surface area contributed by atoms with Gasteiger partial charge in [0.1, 0.15) is 0 Å². The second-order valence-corrected chi connectivity index (χ2v) is 6.41. The minimum atomic E-state index is -0.684. The van der Waals surface area contributed by atoms with Crippen molar-refractivity contribution < 1.29 is 19.1 Å². The van der Waals surface area contributed by atoms with E-state index in [9.17, 15) is 4.79 Å². The Morgan fingerprint density at radius 3 is 2.73 bits per heavy atom. The fourth-order valence-electron chi connectivity index (χ4n) is 2.75. The van der Waals surface area contributed by atoms with Crippen molar-refractivity contribution in [3.05, 3.63) is 48.0 Å². The summed E-state index contributed by atoms with van der Waals surface area (Å²) in [6.07, 6.45) is 1.64. The number of hydrogen-bond donors (Lipinski definition) is 1. The number of hydrogen-bond acceptors (Lipinski definition) is 6. The highest BCUT2D eigenvalue weighted by molar-refractivity contribution is 7.98. The summed E-state index contributed by atoms with van der Waals surface area (Å²) in [5, 5.41) is 7.00. The molecule has 1 heterocycles. The van der Waals surface area contributed by atoms with Crippen molar-refractivity contribution >= 4 is 29.1 Å². The van der Waals surface area contributed by atoms with Gasteiger partial charge in [0.05, 0.1) is 25.6 Å². The average Bonchev–Trinajstić information content (AvgIpc) is 3.17. The van der Waals surface area contributed by atoms with Gasteiger partial charge in [-0.1, -0.05) is 23.4 Å². The minimum absolute atomic E-state index is 0.230. The number of nitrogens with one attached hydrogen (secondary N) is 1. The van der Waals surface area contributed by atoms with Crippen molar-refractivity contribution in [3.8, 4) is 11.5 Å². The molecule has 0 bridgehead atoms. The molecular formula is C19H20N2O4S. The van der Waals surface area contributed by atoms with Crippen LogP contribution in [0.4, 0.5) is 5.69 Å². The standard InChI is InChI=1S/C19H20N2O4S/c1-23-15-9-6-7-12(18(15)24-2)14-11-16(25-21-14)19(22)20-13-8-4-5-10-17(13)26-3/h4-10,16H,11H2,1-3H3,(H,20,22)/t16-/m0/s1. The van der Waals surface area contributed by atoms with E-state index in [0.29, 0.717) is 23.6 Å².